The summed E-state index contributed by atoms with van der Waals surface area (Å²) in [5.74, 6) is 0.960. The second-order valence-corrected chi connectivity index (χ2v) is 7.92. The number of carbonyl (C=O) groups excluding carboxylic acids is 1. The number of hydrogen-bond acceptors (Lipinski definition) is 4. The molecule has 7 heteroatoms. The summed E-state index contributed by atoms with van der Waals surface area (Å²) in [6.45, 7) is 2.51. The maximum absolute atomic E-state index is 12.1. The van der Waals surface area contributed by atoms with Crippen LogP contribution in [0, 0.1) is 0 Å². The minimum atomic E-state index is -0.354. The zero-order valence-corrected chi connectivity index (χ0v) is 19.0. The second-order valence-electron chi connectivity index (χ2n) is 6.21. The van der Waals surface area contributed by atoms with E-state index in [2.05, 4.69) is 42.4 Å². The third-order valence-corrected chi connectivity index (χ3v) is 5.32. The highest BCUT2D eigenvalue weighted by atomic mass is 79.9. The molecular formula is C22H20Br2N2O3. The fourth-order valence-corrected chi connectivity index (χ4v) is 3.62. The number of carbonyl (C=O) groups is 1. The van der Waals surface area contributed by atoms with Gasteiger partial charge >= 0.3 is 0 Å². The lowest BCUT2D eigenvalue weighted by atomic mass is 10.1. The van der Waals surface area contributed by atoms with E-state index in [1.807, 2.05) is 61.5 Å². The number of amides is 1. The molecule has 5 nitrogen and oxygen atoms in total. The third-order valence-electron chi connectivity index (χ3n) is 4.01. The van der Waals surface area contributed by atoms with Gasteiger partial charge < -0.3 is 9.47 Å². The molecule has 0 fully saturated rings. The molecular weight excluding hydrogens is 500 g/mol. The molecule has 0 bridgehead atoms. The molecule has 0 unspecified atom stereocenters. The molecule has 3 aromatic rings. The van der Waals surface area contributed by atoms with Crippen LogP contribution in [0.1, 0.15) is 18.9 Å². The molecule has 1 N–H and O–H groups in total. The number of nitrogens with one attached hydrogen (secondary N) is 1. The Hall–Kier alpha value is -2.38. The summed E-state index contributed by atoms with van der Waals surface area (Å²) >= 11 is 6.98. The van der Waals surface area contributed by atoms with E-state index in [1.54, 1.807) is 6.21 Å². The van der Waals surface area contributed by atoms with Gasteiger partial charge in [0.25, 0.3) is 5.91 Å². The van der Waals surface area contributed by atoms with Crippen molar-refractivity contribution in [3.8, 4) is 11.5 Å². The van der Waals surface area contributed by atoms with Gasteiger partial charge in [0.05, 0.1) is 17.3 Å². The zero-order valence-electron chi connectivity index (χ0n) is 15.8. The summed E-state index contributed by atoms with van der Waals surface area (Å²) in [4.78, 5) is 12.1. The van der Waals surface area contributed by atoms with Crippen LogP contribution in [0.25, 0.3) is 10.8 Å². The van der Waals surface area contributed by atoms with Crippen LogP contribution in [0.4, 0.5) is 0 Å². The molecule has 29 heavy (non-hydrogen) atoms. The second kappa shape index (κ2) is 10.4. The predicted molar refractivity (Wildman–Crippen MR) is 123 cm³/mol. The maximum Gasteiger partial charge on any atom is 0.277 e. The van der Waals surface area contributed by atoms with E-state index in [-0.39, 0.29) is 12.5 Å². The predicted octanol–water partition coefficient (Wildman–Crippen LogP) is 5.68. The first-order chi connectivity index (χ1) is 14.1. The molecule has 0 saturated carbocycles. The van der Waals surface area contributed by atoms with Crippen LogP contribution in [0.5, 0.6) is 11.5 Å². The van der Waals surface area contributed by atoms with Crippen LogP contribution in [0.2, 0.25) is 0 Å². The Balaban J connectivity index is 1.59. The molecule has 0 heterocycles. The molecule has 150 valence electrons. The van der Waals surface area contributed by atoms with E-state index in [0.717, 1.165) is 31.7 Å². The average molecular weight is 520 g/mol. The third kappa shape index (κ3) is 5.81. The fraction of sp³-hybridized carbons (Fsp3) is 0.182. The molecule has 0 atom stereocenters. The molecule has 0 saturated heterocycles. The van der Waals surface area contributed by atoms with Gasteiger partial charge in [-0.1, -0.05) is 53.2 Å². The summed E-state index contributed by atoms with van der Waals surface area (Å²) in [5, 5.41) is 6.14. The number of hydrogen-bond donors (Lipinski definition) is 1. The van der Waals surface area contributed by atoms with Crippen LogP contribution < -0.4 is 14.9 Å². The minimum Gasteiger partial charge on any atom is -0.493 e. The maximum atomic E-state index is 12.1. The molecule has 3 rings (SSSR count). The molecule has 0 aliphatic heterocycles. The van der Waals surface area contributed by atoms with Crippen LogP contribution in [-0.2, 0) is 4.79 Å². The lowest BCUT2D eigenvalue weighted by Gasteiger charge is -2.10. The van der Waals surface area contributed by atoms with Crippen LogP contribution in [0.3, 0.4) is 0 Å². The Morgan fingerprint density at radius 3 is 2.69 bits per heavy atom. The van der Waals surface area contributed by atoms with Gasteiger partial charge in [-0.3, -0.25) is 4.79 Å². The van der Waals surface area contributed by atoms with Crippen molar-refractivity contribution in [1.29, 1.82) is 0 Å². The van der Waals surface area contributed by atoms with Gasteiger partial charge in [0.1, 0.15) is 11.5 Å². The zero-order chi connectivity index (χ0) is 20.6. The first-order valence-electron chi connectivity index (χ1n) is 9.12. The first-order valence-corrected chi connectivity index (χ1v) is 10.7. The number of hydrazone groups is 1. The van der Waals surface area contributed by atoms with E-state index in [9.17, 15) is 4.79 Å². The van der Waals surface area contributed by atoms with E-state index in [4.69, 9.17) is 9.47 Å². The fourth-order valence-electron chi connectivity index (χ4n) is 2.64. The lowest BCUT2D eigenvalue weighted by molar-refractivity contribution is -0.123. The number of halogens is 2. The molecule has 0 aliphatic carbocycles. The lowest BCUT2D eigenvalue weighted by Crippen LogP contribution is -2.24. The number of fused-ring (bicyclic) bond motifs is 1. The highest BCUT2D eigenvalue weighted by molar-refractivity contribution is 9.11. The summed E-state index contributed by atoms with van der Waals surface area (Å²) in [5.41, 5.74) is 3.25. The van der Waals surface area contributed by atoms with Crippen LogP contribution >= 0.6 is 31.9 Å². The summed E-state index contributed by atoms with van der Waals surface area (Å²) < 4.78 is 13.1. The van der Waals surface area contributed by atoms with Crippen molar-refractivity contribution in [2.45, 2.75) is 13.3 Å². The summed E-state index contributed by atoms with van der Waals surface area (Å²) in [6.07, 6.45) is 2.46. The topological polar surface area (TPSA) is 59.9 Å². The van der Waals surface area contributed by atoms with Crippen molar-refractivity contribution < 1.29 is 14.3 Å². The number of rotatable bonds is 8. The van der Waals surface area contributed by atoms with Gasteiger partial charge in [-0.05, 0) is 57.4 Å². The molecule has 3 aromatic carbocycles. The van der Waals surface area contributed by atoms with Gasteiger partial charge in [0.15, 0.2) is 6.61 Å². The van der Waals surface area contributed by atoms with Crippen LogP contribution in [0.15, 0.2) is 68.6 Å². The van der Waals surface area contributed by atoms with Crippen molar-refractivity contribution >= 4 is 54.8 Å². The Morgan fingerprint density at radius 2 is 1.86 bits per heavy atom. The SMILES string of the molecule is CCCOc1ccc(Br)cc1C=NNC(=O)COc1ccc2ccccc2c1Br. The van der Waals surface area contributed by atoms with E-state index in [0.29, 0.717) is 18.1 Å². The van der Waals surface area contributed by atoms with Gasteiger partial charge in [0.2, 0.25) is 0 Å². The Morgan fingerprint density at radius 1 is 1.07 bits per heavy atom. The molecule has 0 aliphatic rings. The van der Waals surface area contributed by atoms with E-state index < -0.39 is 0 Å². The Bertz CT molecular complexity index is 1040. The number of benzene rings is 3. The molecule has 1 amide bonds. The first kappa shape index (κ1) is 21.3. The smallest absolute Gasteiger partial charge is 0.277 e. The van der Waals surface area contributed by atoms with Crippen molar-refractivity contribution in [2.24, 2.45) is 5.10 Å². The largest absolute Gasteiger partial charge is 0.493 e. The monoisotopic (exact) mass is 518 g/mol. The molecule has 0 aromatic heterocycles. The standard InChI is InChI=1S/C22H20Br2N2O3/c1-2-11-28-19-10-8-17(23)12-16(19)13-25-26-21(27)14-29-20-9-7-15-5-3-4-6-18(15)22(20)24/h3-10,12-13H,2,11,14H2,1H3,(H,26,27). The summed E-state index contributed by atoms with van der Waals surface area (Å²) in [7, 11) is 0. The highest BCUT2D eigenvalue weighted by Crippen LogP contribution is 2.32. The van der Waals surface area contributed by atoms with Crippen LogP contribution in [-0.4, -0.2) is 25.3 Å². The van der Waals surface area contributed by atoms with Gasteiger partial charge in [-0.25, -0.2) is 5.43 Å². The normalized spacial score (nSPS) is 11.0. The number of nitrogens with zero attached hydrogens (tertiary/aromatic N) is 1. The van der Waals surface area contributed by atoms with Crippen molar-refractivity contribution in [3.05, 3.63) is 69.1 Å². The average Bonchev–Trinajstić information content (AvgIpc) is 2.73. The van der Waals surface area contributed by atoms with Gasteiger partial charge in [-0.15, -0.1) is 0 Å². The van der Waals surface area contributed by atoms with E-state index >= 15 is 0 Å². The summed E-state index contributed by atoms with van der Waals surface area (Å²) in [6, 6.07) is 17.4. The van der Waals surface area contributed by atoms with E-state index in [1.165, 1.54) is 0 Å². The highest BCUT2D eigenvalue weighted by Gasteiger charge is 2.08. The van der Waals surface area contributed by atoms with Gasteiger partial charge in [-0.2, -0.15) is 5.10 Å². The quantitative estimate of drug-likeness (QED) is 0.307. The van der Waals surface area contributed by atoms with Gasteiger partial charge in [0, 0.05) is 10.0 Å². The minimum absolute atomic E-state index is 0.147. The Labute approximate surface area is 186 Å². The van der Waals surface area contributed by atoms with Crippen molar-refractivity contribution in [2.75, 3.05) is 13.2 Å². The number of ether oxygens (including phenoxy) is 2. The van der Waals surface area contributed by atoms with Crippen molar-refractivity contribution in [3.63, 3.8) is 0 Å². The Kier molecular flexibility index (Phi) is 7.66. The molecule has 0 radical (unpaired) electrons. The van der Waals surface area contributed by atoms with Crippen molar-refractivity contribution in [1.82, 2.24) is 5.43 Å². The molecule has 0 spiro atoms.